The summed E-state index contributed by atoms with van der Waals surface area (Å²) in [6.07, 6.45) is 0. The Morgan fingerprint density at radius 2 is 2.10 bits per heavy atom. The Bertz CT molecular complexity index is 78.0. The zero-order valence-corrected chi connectivity index (χ0v) is 8.07. The van der Waals surface area contributed by atoms with Crippen LogP contribution >= 0.6 is 11.8 Å². The molecule has 0 N–H and O–H groups in total. The molecule has 0 aliphatic heterocycles. The second-order valence-corrected chi connectivity index (χ2v) is 4.14. The number of thioether (sulfide) groups is 1. The van der Waals surface area contributed by atoms with E-state index >= 15 is 0 Å². The van der Waals surface area contributed by atoms with Crippen LogP contribution in [0.1, 0.15) is 13.8 Å². The van der Waals surface area contributed by atoms with E-state index in [-0.39, 0.29) is 0 Å². The molecule has 0 rings (SSSR count). The van der Waals surface area contributed by atoms with Crippen LogP contribution in [0, 0.1) is 0 Å². The second-order valence-electron chi connectivity index (χ2n) is 2.45. The van der Waals surface area contributed by atoms with Gasteiger partial charge in [0.2, 0.25) is 0 Å². The molecule has 0 radical (unpaired) electrons. The molecule has 0 aliphatic rings. The fraction of sp³-hybridized carbons (Fsp3) is 1.00. The van der Waals surface area contributed by atoms with E-state index < -0.39 is 0 Å². The first-order valence-corrected chi connectivity index (χ1v) is 4.58. The van der Waals surface area contributed by atoms with E-state index in [2.05, 4.69) is 13.8 Å². The van der Waals surface area contributed by atoms with Gasteiger partial charge in [-0.15, -0.1) is 0 Å². The van der Waals surface area contributed by atoms with Crippen molar-refractivity contribution in [3.8, 4) is 0 Å². The van der Waals surface area contributed by atoms with Crippen molar-refractivity contribution in [2.75, 3.05) is 26.5 Å². The van der Waals surface area contributed by atoms with Crippen LogP contribution in [0.25, 0.3) is 0 Å². The molecule has 0 fully saturated rings. The molecule has 0 atom stereocenters. The predicted octanol–water partition coefficient (Wildman–Crippen LogP) is 1.62. The SMILES string of the molecule is CON(C)CCSC(C)C. The molecule has 0 heterocycles. The maximum Gasteiger partial charge on any atom is 0.0575 e. The third-order valence-electron chi connectivity index (χ3n) is 1.17. The first-order valence-electron chi connectivity index (χ1n) is 3.53. The highest BCUT2D eigenvalue weighted by atomic mass is 32.2. The maximum absolute atomic E-state index is 4.95. The molecule has 2 nitrogen and oxygen atoms in total. The Hall–Kier alpha value is 0.270. The van der Waals surface area contributed by atoms with E-state index in [0.29, 0.717) is 0 Å². The Labute approximate surface area is 67.9 Å². The van der Waals surface area contributed by atoms with Gasteiger partial charge < -0.3 is 4.84 Å². The standard InChI is InChI=1S/C7H17NOS/c1-7(2)10-6-5-8(3)9-4/h7H,5-6H2,1-4H3. The quantitative estimate of drug-likeness (QED) is 0.571. The lowest BCUT2D eigenvalue weighted by Gasteiger charge is -2.13. The first-order chi connectivity index (χ1) is 4.66. The van der Waals surface area contributed by atoms with Gasteiger partial charge in [-0.2, -0.15) is 16.8 Å². The van der Waals surface area contributed by atoms with Crippen LogP contribution in [0.15, 0.2) is 0 Å². The summed E-state index contributed by atoms with van der Waals surface area (Å²) in [5.74, 6) is 1.14. The lowest BCUT2D eigenvalue weighted by Crippen LogP contribution is -2.19. The minimum absolute atomic E-state index is 0.727. The summed E-state index contributed by atoms with van der Waals surface area (Å²) in [6, 6.07) is 0. The molecule has 0 aromatic heterocycles. The summed E-state index contributed by atoms with van der Waals surface area (Å²) >= 11 is 1.95. The number of hydroxylamine groups is 2. The van der Waals surface area contributed by atoms with Crippen molar-refractivity contribution >= 4 is 11.8 Å². The normalized spacial score (nSPS) is 11.4. The van der Waals surface area contributed by atoms with Gasteiger partial charge in [-0.25, -0.2) is 0 Å². The molecule has 0 aromatic carbocycles. The van der Waals surface area contributed by atoms with Crippen LogP contribution in [0.5, 0.6) is 0 Å². The topological polar surface area (TPSA) is 12.5 Å². The molecule has 62 valence electrons. The lowest BCUT2D eigenvalue weighted by atomic mass is 10.6. The van der Waals surface area contributed by atoms with Gasteiger partial charge >= 0.3 is 0 Å². The van der Waals surface area contributed by atoms with Gasteiger partial charge in [0.15, 0.2) is 0 Å². The number of nitrogens with zero attached hydrogens (tertiary/aromatic N) is 1. The molecular weight excluding hydrogens is 146 g/mol. The van der Waals surface area contributed by atoms with E-state index in [9.17, 15) is 0 Å². The van der Waals surface area contributed by atoms with Crippen LogP contribution < -0.4 is 0 Å². The highest BCUT2D eigenvalue weighted by Crippen LogP contribution is 2.08. The minimum atomic E-state index is 0.727. The molecule has 0 saturated carbocycles. The van der Waals surface area contributed by atoms with E-state index in [1.807, 2.05) is 23.9 Å². The molecule has 0 spiro atoms. The first kappa shape index (κ1) is 10.3. The smallest absolute Gasteiger partial charge is 0.0575 e. The Balaban J connectivity index is 3.03. The Morgan fingerprint density at radius 1 is 1.50 bits per heavy atom. The zero-order valence-electron chi connectivity index (χ0n) is 7.26. The maximum atomic E-state index is 4.95. The van der Waals surface area contributed by atoms with Gasteiger partial charge in [-0.1, -0.05) is 13.8 Å². The average Bonchev–Trinajstić information content (AvgIpc) is 1.87. The van der Waals surface area contributed by atoms with E-state index in [4.69, 9.17) is 4.84 Å². The molecular formula is C7H17NOS. The van der Waals surface area contributed by atoms with Crippen molar-refractivity contribution < 1.29 is 4.84 Å². The van der Waals surface area contributed by atoms with Crippen molar-refractivity contribution in [1.29, 1.82) is 0 Å². The number of hydrogen-bond acceptors (Lipinski definition) is 3. The van der Waals surface area contributed by atoms with Crippen molar-refractivity contribution in [2.45, 2.75) is 19.1 Å². The predicted molar refractivity (Wildman–Crippen MR) is 47.2 cm³/mol. The van der Waals surface area contributed by atoms with Crippen molar-refractivity contribution in [3.63, 3.8) is 0 Å². The summed E-state index contributed by atoms with van der Waals surface area (Å²) in [5, 5.41) is 2.57. The Kier molecular flexibility index (Phi) is 6.17. The van der Waals surface area contributed by atoms with Crippen molar-refractivity contribution in [1.82, 2.24) is 5.06 Å². The monoisotopic (exact) mass is 163 g/mol. The number of hydrogen-bond donors (Lipinski definition) is 0. The molecule has 0 aliphatic carbocycles. The van der Waals surface area contributed by atoms with Crippen molar-refractivity contribution in [3.05, 3.63) is 0 Å². The second kappa shape index (κ2) is 6.01. The summed E-state index contributed by atoms with van der Waals surface area (Å²) in [6.45, 7) is 5.41. The molecule has 0 amide bonds. The summed E-state index contributed by atoms with van der Waals surface area (Å²) in [4.78, 5) is 4.95. The van der Waals surface area contributed by atoms with Gasteiger partial charge in [0.1, 0.15) is 0 Å². The fourth-order valence-electron chi connectivity index (χ4n) is 0.508. The van der Waals surface area contributed by atoms with Crippen LogP contribution in [-0.4, -0.2) is 36.8 Å². The lowest BCUT2D eigenvalue weighted by molar-refractivity contribution is -0.103. The van der Waals surface area contributed by atoms with Gasteiger partial charge in [0, 0.05) is 19.3 Å². The highest BCUT2D eigenvalue weighted by Gasteiger charge is 1.96. The summed E-state index contributed by atoms with van der Waals surface area (Å²) < 4.78 is 0. The zero-order chi connectivity index (χ0) is 7.98. The Morgan fingerprint density at radius 3 is 2.50 bits per heavy atom. The highest BCUT2D eigenvalue weighted by molar-refractivity contribution is 7.99. The summed E-state index contributed by atoms with van der Waals surface area (Å²) in [7, 11) is 3.64. The third-order valence-corrected chi connectivity index (χ3v) is 2.25. The van der Waals surface area contributed by atoms with Crippen LogP contribution in [0.2, 0.25) is 0 Å². The average molecular weight is 163 g/mol. The van der Waals surface area contributed by atoms with Gasteiger partial charge in [-0.05, 0) is 5.25 Å². The van der Waals surface area contributed by atoms with Crippen LogP contribution in [-0.2, 0) is 4.84 Å². The molecule has 3 heteroatoms. The van der Waals surface area contributed by atoms with E-state index in [1.165, 1.54) is 0 Å². The fourth-order valence-corrected chi connectivity index (χ4v) is 1.34. The van der Waals surface area contributed by atoms with Gasteiger partial charge in [0.05, 0.1) is 7.11 Å². The molecule has 0 aromatic rings. The van der Waals surface area contributed by atoms with E-state index in [1.54, 1.807) is 7.11 Å². The third kappa shape index (κ3) is 6.39. The molecule has 0 bridgehead atoms. The summed E-state index contributed by atoms with van der Waals surface area (Å²) in [5.41, 5.74) is 0. The van der Waals surface area contributed by atoms with Crippen LogP contribution in [0.4, 0.5) is 0 Å². The van der Waals surface area contributed by atoms with Crippen LogP contribution in [0.3, 0.4) is 0 Å². The molecule has 0 unspecified atom stereocenters. The van der Waals surface area contributed by atoms with E-state index in [0.717, 1.165) is 17.5 Å². The minimum Gasteiger partial charge on any atom is -0.303 e. The molecule has 10 heavy (non-hydrogen) atoms. The van der Waals surface area contributed by atoms with Gasteiger partial charge in [-0.3, -0.25) is 0 Å². The number of rotatable bonds is 5. The largest absolute Gasteiger partial charge is 0.303 e. The molecule has 0 saturated heterocycles. The van der Waals surface area contributed by atoms with Crippen molar-refractivity contribution in [2.24, 2.45) is 0 Å². The van der Waals surface area contributed by atoms with Gasteiger partial charge in [0.25, 0.3) is 0 Å².